The Morgan fingerprint density at radius 2 is 1.95 bits per heavy atom. The van der Waals surface area contributed by atoms with Crippen LogP contribution in [0.5, 0.6) is 17.2 Å². The van der Waals surface area contributed by atoms with Crippen LogP contribution in [0.2, 0.25) is 0 Å². The van der Waals surface area contributed by atoms with Gasteiger partial charge < -0.3 is 14.6 Å². The lowest BCUT2D eigenvalue weighted by Gasteiger charge is -2.13. The molecule has 2 rings (SSSR count). The number of phenolic OH excluding ortho intramolecular Hbond substituents is 1. The Hall–Kier alpha value is -2.67. The number of hydrogen-bond donors (Lipinski definition) is 1. The third kappa shape index (κ3) is 3.42. The standard InChI is InChI=1S/C16H15NO3/c1-12-4-2-5-13(16(12)19-9-8-17)11-20-15-7-3-6-14(18)10-15/h2-7,10,18H,9,11H2,1H3. The van der Waals surface area contributed by atoms with Crippen LogP contribution in [-0.4, -0.2) is 11.7 Å². The molecule has 0 amide bonds. The summed E-state index contributed by atoms with van der Waals surface area (Å²) in [7, 11) is 0. The lowest BCUT2D eigenvalue weighted by molar-refractivity contribution is 0.290. The van der Waals surface area contributed by atoms with Gasteiger partial charge in [-0.15, -0.1) is 0 Å². The van der Waals surface area contributed by atoms with Gasteiger partial charge in [0.1, 0.15) is 29.9 Å². The molecule has 0 radical (unpaired) electrons. The zero-order chi connectivity index (χ0) is 14.4. The van der Waals surface area contributed by atoms with Gasteiger partial charge in [-0.1, -0.05) is 24.3 Å². The van der Waals surface area contributed by atoms with Crippen LogP contribution >= 0.6 is 0 Å². The summed E-state index contributed by atoms with van der Waals surface area (Å²) in [5, 5.41) is 18.0. The van der Waals surface area contributed by atoms with E-state index in [9.17, 15) is 5.11 Å². The molecule has 4 nitrogen and oxygen atoms in total. The maximum atomic E-state index is 9.38. The van der Waals surface area contributed by atoms with E-state index in [2.05, 4.69) is 0 Å². The van der Waals surface area contributed by atoms with Crippen molar-refractivity contribution < 1.29 is 14.6 Å². The third-order valence-electron chi connectivity index (χ3n) is 2.79. The molecule has 0 fully saturated rings. The molecule has 0 saturated carbocycles. The van der Waals surface area contributed by atoms with Crippen LogP contribution in [0.15, 0.2) is 42.5 Å². The highest BCUT2D eigenvalue weighted by molar-refractivity contribution is 5.41. The van der Waals surface area contributed by atoms with Crippen molar-refractivity contribution in [3.05, 3.63) is 53.6 Å². The zero-order valence-corrected chi connectivity index (χ0v) is 11.2. The van der Waals surface area contributed by atoms with Gasteiger partial charge in [-0.2, -0.15) is 5.26 Å². The summed E-state index contributed by atoms with van der Waals surface area (Å²) in [6.45, 7) is 2.24. The molecule has 0 unspecified atom stereocenters. The molecule has 1 N–H and O–H groups in total. The van der Waals surface area contributed by atoms with E-state index < -0.39 is 0 Å². The van der Waals surface area contributed by atoms with Crippen LogP contribution in [0, 0.1) is 18.3 Å². The van der Waals surface area contributed by atoms with Crippen molar-refractivity contribution >= 4 is 0 Å². The van der Waals surface area contributed by atoms with Crippen LogP contribution < -0.4 is 9.47 Å². The van der Waals surface area contributed by atoms with Crippen LogP contribution in [0.4, 0.5) is 0 Å². The number of phenols is 1. The van der Waals surface area contributed by atoms with Crippen LogP contribution in [0.1, 0.15) is 11.1 Å². The summed E-state index contributed by atoms with van der Waals surface area (Å²) >= 11 is 0. The van der Waals surface area contributed by atoms with Gasteiger partial charge in [-0.25, -0.2) is 0 Å². The fourth-order valence-electron chi connectivity index (χ4n) is 1.87. The molecular formula is C16H15NO3. The van der Waals surface area contributed by atoms with E-state index in [1.54, 1.807) is 24.3 Å². The summed E-state index contributed by atoms with van der Waals surface area (Å²) in [6, 6.07) is 14.3. The predicted molar refractivity (Wildman–Crippen MR) is 74.7 cm³/mol. The third-order valence-corrected chi connectivity index (χ3v) is 2.79. The van der Waals surface area contributed by atoms with E-state index in [0.29, 0.717) is 18.1 Å². The SMILES string of the molecule is Cc1cccc(COc2cccc(O)c2)c1OCC#N. The zero-order valence-electron chi connectivity index (χ0n) is 11.2. The minimum Gasteiger partial charge on any atom is -0.508 e. The second kappa shape index (κ2) is 6.48. The molecule has 0 aliphatic heterocycles. The minimum atomic E-state index is 0.00395. The molecule has 0 atom stereocenters. The predicted octanol–water partition coefficient (Wildman–Crippen LogP) is 3.18. The number of para-hydroxylation sites is 1. The van der Waals surface area contributed by atoms with Crippen LogP contribution in [0.25, 0.3) is 0 Å². The van der Waals surface area contributed by atoms with Crippen molar-refractivity contribution in [3.8, 4) is 23.3 Å². The maximum absolute atomic E-state index is 9.38. The van der Waals surface area contributed by atoms with Gasteiger partial charge in [0.2, 0.25) is 0 Å². The molecule has 0 aromatic heterocycles. The number of aryl methyl sites for hydroxylation is 1. The second-order valence-corrected chi connectivity index (χ2v) is 4.30. The van der Waals surface area contributed by atoms with Gasteiger partial charge in [0.05, 0.1) is 0 Å². The Bertz CT molecular complexity index is 632. The highest BCUT2D eigenvalue weighted by Gasteiger charge is 2.08. The van der Waals surface area contributed by atoms with Crippen molar-refractivity contribution in [2.45, 2.75) is 13.5 Å². The van der Waals surface area contributed by atoms with E-state index in [-0.39, 0.29) is 12.4 Å². The smallest absolute Gasteiger partial charge is 0.174 e. The number of benzene rings is 2. The van der Waals surface area contributed by atoms with E-state index in [4.69, 9.17) is 14.7 Å². The monoisotopic (exact) mass is 269 g/mol. The first-order valence-corrected chi connectivity index (χ1v) is 6.21. The average Bonchev–Trinajstić information content (AvgIpc) is 2.44. The number of rotatable bonds is 5. The molecule has 0 aliphatic carbocycles. The van der Waals surface area contributed by atoms with Crippen molar-refractivity contribution in [2.24, 2.45) is 0 Å². The summed E-state index contributed by atoms with van der Waals surface area (Å²) in [5.74, 6) is 1.42. The van der Waals surface area contributed by atoms with Crippen molar-refractivity contribution in [2.75, 3.05) is 6.61 Å². The molecule has 20 heavy (non-hydrogen) atoms. The Morgan fingerprint density at radius 3 is 2.70 bits per heavy atom. The topological polar surface area (TPSA) is 62.5 Å². The van der Waals surface area contributed by atoms with E-state index in [1.165, 1.54) is 0 Å². The first kappa shape index (κ1) is 13.8. The van der Waals surface area contributed by atoms with E-state index in [0.717, 1.165) is 11.1 Å². The van der Waals surface area contributed by atoms with Gasteiger partial charge in [0, 0.05) is 11.6 Å². The summed E-state index contributed by atoms with van der Waals surface area (Å²) in [4.78, 5) is 0. The van der Waals surface area contributed by atoms with Gasteiger partial charge in [-0.3, -0.25) is 0 Å². The quantitative estimate of drug-likeness (QED) is 0.905. The molecule has 2 aromatic carbocycles. The fourth-order valence-corrected chi connectivity index (χ4v) is 1.87. The normalized spacial score (nSPS) is 9.80. The maximum Gasteiger partial charge on any atom is 0.174 e. The number of nitrogens with zero attached hydrogens (tertiary/aromatic N) is 1. The van der Waals surface area contributed by atoms with Crippen molar-refractivity contribution in [1.29, 1.82) is 5.26 Å². The minimum absolute atomic E-state index is 0.00395. The number of aromatic hydroxyl groups is 1. The summed E-state index contributed by atoms with van der Waals surface area (Å²) in [5.41, 5.74) is 1.82. The number of hydrogen-bond acceptors (Lipinski definition) is 4. The lowest BCUT2D eigenvalue weighted by atomic mass is 10.1. The molecule has 2 aromatic rings. The van der Waals surface area contributed by atoms with Gasteiger partial charge in [0.25, 0.3) is 0 Å². The molecule has 0 spiro atoms. The van der Waals surface area contributed by atoms with Gasteiger partial charge >= 0.3 is 0 Å². The van der Waals surface area contributed by atoms with E-state index in [1.807, 2.05) is 31.2 Å². The van der Waals surface area contributed by atoms with Gasteiger partial charge in [0.15, 0.2) is 6.61 Å². The number of ether oxygens (including phenoxy) is 2. The fraction of sp³-hybridized carbons (Fsp3) is 0.188. The Kier molecular flexibility index (Phi) is 4.46. The second-order valence-electron chi connectivity index (χ2n) is 4.30. The molecule has 0 saturated heterocycles. The lowest BCUT2D eigenvalue weighted by Crippen LogP contribution is -2.03. The molecule has 102 valence electrons. The molecule has 0 aliphatic rings. The highest BCUT2D eigenvalue weighted by atomic mass is 16.5. The molecule has 4 heteroatoms. The molecule has 0 heterocycles. The Balaban J connectivity index is 2.13. The van der Waals surface area contributed by atoms with Crippen LogP contribution in [0.3, 0.4) is 0 Å². The van der Waals surface area contributed by atoms with Crippen molar-refractivity contribution in [3.63, 3.8) is 0 Å². The van der Waals surface area contributed by atoms with Crippen molar-refractivity contribution in [1.82, 2.24) is 0 Å². The molecule has 0 bridgehead atoms. The largest absolute Gasteiger partial charge is 0.508 e. The van der Waals surface area contributed by atoms with Gasteiger partial charge in [-0.05, 0) is 24.6 Å². The summed E-state index contributed by atoms with van der Waals surface area (Å²) in [6.07, 6.45) is 0. The Morgan fingerprint density at radius 1 is 1.15 bits per heavy atom. The first-order chi connectivity index (χ1) is 9.70. The van der Waals surface area contributed by atoms with E-state index >= 15 is 0 Å². The molecular weight excluding hydrogens is 254 g/mol. The average molecular weight is 269 g/mol. The number of nitriles is 1. The first-order valence-electron chi connectivity index (χ1n) is 6.21. The highest BCUT2D eigenvalue weighted by Crippen LogP contribution is 2.26. The summed E-state index contributed by atoms with van der Waals surface area (Å²) < 4.78 is 11.1. The Labute approximate surface area is 117 Å². The van der Waals surface area contributed by atoms with Crippen LogP contribution in [-0.2, 0) is 6.61 Å².